The summed E-state index contributed by atoms with van der Waals surface area (Å²) in [6, 6.07) is 0. The van der Waals surface area contributed by atoms with Gasteiger partial charge in [0.05, 0.1) is 0 Å². The number of allylic oxidation sites excluding steroid dienone is 1. The van der Waals surface area contributed by atoms with Crippen LogP contribution in [0.1, 0.15) is 172 Å². The number of nitrogens with zero attached hydrogens (tertiary/aromatic N) is 2. The molecule has 3 saturated carbocycles. The van der Waals surface area contributed by atoms with E-state index < -0.39 is 11.2 Å². The highest BCUT2D eigenvalue weighted by Crippen LogP contribution is 2.67. The molecule has 58 heavy (non-hydrogen) atoms. The first-order valence-electron chi connectivity index (χ1n) is 23.5. The second kappa shape index (κ2) is 20.9. The molecule has 3 fully saturated rings. The molecule has 3 N–H and O–H groups in total. The number of ether oxygens (including phenoxy) is 3. The lowest BCUT2D eigenvalue weighted by Crippen LogP contribution is -2.51. The Morgan fingerprint density at radius 1 is 0.793 bits per heavy atom. The van der Waals surface area contributed by atoms with Crippen LogP contribution in [0.4, 0.5) is 14.4 Å². The number of unbranched alkanes of at least 4 members (excludes halogenated alkanes) is 1. The molecule has 4 rings (SSSR count). The molecule has 4 aliphatic carbocycles. The highest BCUT2D eigenvalue weighted by molar-refractivity contribution is 5.69. The van der Waals surface area contributed by atoms with Gasteiger partial charge in [0.2, 0.25) is 0 Å². The summed E-state index contributed by atoms with van der Waals surface area (Å²) in [5.74, 6) is 4.86. The first-order valence-corrected chi connectivity index (χ1v) is 23.5. The molecule has 0 aromatic carbocycles. The predicted molar refractivity (Wildman–Crippen MR) is 234 cm³/mol. The van der Waals surface area contributed by atoms with E-state index in [0.29, 0.717) is 70.4 Å². The molecule has 334 valence electrons. The van der Waals surface area contributed by atoms with Crippen molar-refractivity contribution in [2.45, 2.75) is 190 Å². The number of nitrogens with one attached hydrogen (secondary N) is 1. The van der Waals surface area contributed by atoms with Crippen LogP contribution in [0, 0.1) is 46.3 Å². The molecule has 3 amide bonds. The van der Waals surface area contributed by atoms with Crippen molar-refractivity contribution in [3.05, 3.63) is 11.6 Å². The number of fused-ring (bicyclic) bond motifs is 5. The maximum atomic E-state index is 13.2. The van der Waals surface area contributed by atoms with Gasteiger partial charge >= 0.3 is 18.3 Å². The Bertz CT molecular complexity index is 1370. The van der Waals surface area contributed by atoms with Gasteiger partial charge in [0.25, 0.3) is 0 Å². The molecule has 10 heteroatoms. The fraction of sp³-hybridized carbons (Fsp3) is 0.896. The van der Waals surface area contributed by atoms with Gasteiger partial charge in [0.15, 0.2) is 0 Å². The van der Waals surface area contributed by atoms with Crippen molar-refractivity contribution in [2.24, 2.45) is 52.1 Å². The monoisotopic (exact) mass is 815 g/mol. The van der Waals surface area contributed by atoms with Crippen molar-refractivity contribution in [1.82, 2.24) is 15.1 Å². The van der Waals surface area contributed by atoms with Crippen molar-refractivity contribution in [1.29, 1.82) is 0 Å². The third-order valence-electron chi connectivity index (χ3n) is 14.4. The molecule has 0 aromatic rings. The molecule has 0 spiro atoms. The Balaban J connectivity index is 1.24. The summed E-state index contributed by atoms with van der Waals surface area (Å²) in [6.07, 6.45) is 17.7. The molecule has 0 saturated heterocycles. The van der Waals surface area contributed by atoms with E-state index in [-0.39, 0.29) is 29.8 Å². The fourth-order valence-corrected chi connectivity index (χ4v) is 11.5. The third kappa shape index (κ3) is 13.3. The summed E-state index contributed by atoms with van der Waals surface area (Å²) in [4.78, 5) is 42.4. The van der Waals surface area contributed by atoms with Crippen molar-refractivity contribution >= 4 is 18.3 Å². The van der Waals surface area contributed by atoms with Gasteiger partial charge in [-0.25, -0.2) is 14.4 Å². The number of carbonyl (C=O) groups excluding carboxylic acids is 3. The molecule has 0 aromatic heterocycles. The minimum Gasteiger partial charge on any atom is -0.446 e. The van der Waals surface area contributed by atoms with Crippen LogP contribution >= 0.6 is 0 Å². The molecule has 4 aliphatic rings. The summed E-state index contributed by atoms with van der Waals surface area (Å²) in [5.41, 5.74) is 6.74. The molecule has 0 aliphatic heterocycles. The van der Waals surface area contributed by atoms with Crippen molar-refractivity contribution in [3.8, 4) is 0 Å². The number of carbonyl (C=O) groups is 3. The number of rotatable bonds is 18. The van der Waals surface area contributed by atoms with Crippen LogP contribution in [-0.4, -0.2) is 84.7 Å². The fourth-order valence-electron chi connectivity index (χ4n) is 11.5. The summed E-state index contributed by atoms with van der Waals surface area (Å²) in [5, 5.41) is 2.96. The molecule has 10 nitrogen and oxygen atoms in total. The summed E-state index contributed by atoms with van der Waals surface area (Å²) in [7, 11) is 0. The average Bonchev–Trinajstić information content (AvgIpc) is 3.47. The highest BCUT2D eigenvalue weighted by atomic mass is 16.6. The number of hydrogen-bond donors (Lipinski definition) is 2. The molecular formula is C48H86N4O6. The molecule has 8 atom stereocenters. The van der Waals surface area contributed by atoms with Crippen molar-refractivity contribution in [2.75, 3.05) is 39.3 Å². The first-order chi connectivity index (χ1) is 27.2. The number of hydrogen-bond acceptors (Lipinski definition) is 7. The van der Waals surface area contributed by atoms with E-state index in [2.05, 4.69) is 46.0 Å². The van der Waals surface area contributed by atoms with Gasteiger partial charge < -0.3 is 35.1 Å². The van der Waals surface area contributed by atoms with Gasteiger partial charge in [-0.3, -0.25) is 0 Å². The maximum Gasteiger partial charge on any atom is 0.410 e. The van der Waals surface area contributed by atoms with E-state index in [1.54, 1.807) is 9.80 Å². The minimum absolute atomic E-state index is 0.101. The third-order valence-corrected chi connectivity index (χ3v) is 14.4. The van der Waals surface area contributed by atoms with E-state index in [0.717, 1.165) is 54.8 Å². The van der Waals surface area contributed by atoms with Gasteiger partial charge in [-0.2, -0.15) is 0 Å². The minimum atomic E-state index is -0.625. The Morgan fingerprint density at radius 2 is 1.40 bits per heavy atom. The molecule has 0 heterocycles. The number of amides is 3. The van der Waals surface area contributed by atoms with E-state index >= 15 is 0 Å². The average molecular weight is 815 g/mol. The van der Waals surface area contributed by atoms with Crippen molar-refractivity contribution < 1.29 is 28.6 Å². The van der Waals surface area contributed by atoms with Crippen LogP contribution in [0.5, 0.6) is 0 Å². The van der Waals surface area contributed by atoms with Gasteiger partial charge in [-0.1, -0.05) is 65.5 Å². The Kier molecular flexibility index (Phi) is 17.3. The van der Waals surface area contributed by atoms with Crippen LogP contribution in [0.2, 0.25) is 0 Å². The predicted octanol–water partition coefficient (Wildman–Crippen LogP) is 11.1. The summed E-state index contributed by atoms with van der Waals surface area (Å²) in [6.45, 7) is 26.5. The van der Waals surface area contributed by atoms with Crippen LogP contribution in [0.15, 0.2) is 11.6 Å². The van der Waals surface area contributed by atoms with E-state index in [4.69, 9.17) is 19.9 Å². The lowest BCUT2D eigenvalue weighted by Gasteiger charge is -2.58. The van der Waals surface area contributed by atoms with Gasteiger partial charge in [-0.05, 0) is 165 Å². The number of alkyl carbamates (subject to hydrolysis) is 1. The SMILES string of the molecule is CC(C)CCC[C@@H](C)[C@H]1CC[C@H]2[C@@H]3CC=C4C[C@@H](OC(=O)NCCCN(CCCCN(CCCN)C(=O)OC(C)(C)C)C(=O)OC(C)(C)C)CC[C@]4(C)[C@H]3CC[C@]12C. The first kappa shape index (κ1) is 48.2. The van der Waals surface area contributed by atoms with Gasteiger partial charge in [0, 0.05) is 39.1 Å². The zero-order valence-corrected chi connectivity index (χ0v) is 38.9. The van der Waals surface area contributed by atoms with E-state index in [1.165, 1.54) is 56.9 Å². The van der Waals surface area contributed by atoms with E-state index in [9.17, 15) is 14.4 Å². The quantitative estimate of drug-likeness (QED) is 0.0802. The standard InChI is InChI=1S/C48H86N4O6/c1-34(2)17-14-18-35(3)39-21-22-40-38-20-19-36-33-37(23-25-47(36,10)41(38)24-26-48(39,40)11)56-42(53)50-28-16-32-52(44(55)58-46(7,8)9)30-13-12-29-51(31-15-27-49)43(54)57-45(4,5)6/h19,34-35,37-41H,12-18,20-33,49H2,1-11H3,(H,50,53)/t35-,37+,38+,39-,40+,41+,47+,48-/m1/s1. The maximum absolute atomic E-state index is 13.2. The summed E-state index contributed by atoms with van der Waals surface area (Å²) >= 11 is 0. The zero-order valence-electron chi connectivity index (χ0n) is 38.9. The lowest BCUT2D eigenvalue weighted by atomic mass is 9.47. The second-order valence-electron chi connectivity index (χ2n) is 21.6. The van der Waals surface area contributed by atoms with Crippen LogP contribution in [0.25, 0.3) is 0 Å². The molecule has 0 bridgehead atoms. The Morgan fingerprint density at radius 3 is 1.98 bits per heavy atom. The Hall–Kier alpha value is -2.49. The molecule has 0 unspecified atom stereocenters. The topological polar surface area (TPSA) is 123 Å². The normalized spacial score (nSPS) is 28.7. The van der Waals surface area contributed by atoms with Crippen LogP contribution in [-0.2, 0) is 14.2 Å². The smallest absolute Gasteiger partial charge is 0.410 e. The van der Waals surface area contributed by atoms with Gasteiger partial charge in [0.1, 0.15) is 17.3 Å². The zero-order chi connectivity index (χ0) is 42.9. The second-order valence-corrected chi connectivity index (χ2v) is 21.6. The van der Waals surface area contributed by atoms with Crippen LogP contribution < -0.4 is 11.1 Å². The van der Waals surface area contributed by atoms with E-state index in [1.807, 2.05) is 41.5 Å². The highest BCUT2D eigenvalue weighted by Gasteiger charge is 2.59. The van der Waals surface area contributed by atoms with Crippen molar-refractivity contribution in [3.63, 3.8) is 0 Å². The van der Waals surface area contributed by atoms with Crippen LogP contribution in [0.3, 0.4) is 0 Å². The Labute approximate surface area is 353 Å². The lowest BCUT2D eigenvalue weighted by molar-refractivity contribution is -0.0581. The molecular weight excluding hydrogens is 729 g/mol. The van der Waals surface area contributed by atoms with Gasteiger partial charge in [-0.15, -0.1) is 0 Å². The number of nitrogens with two attached hydrogens (primary N) is 1. The summed E-state index contributed by atoms with van der Waals surface area (Å²) < 4.78 is 17.4. The largest absolute Gasteiger partial charge is 0.446 e. The molecule has 0 radical (unpaired) electrons.